The Morgan fingerprint density at radius 1 is 1.33 bits per heavy atom. The summed E-state index contributed by atoms with van der Waals surface area (Å²) in [5.74, 6) is 0.600. The van der Waals surface area contributed by atoms with Crippen molar-refractivity contribution in [2.45, 2.75) is 6.42 Å². The van der Waals surface area contributed by atoms with Gasteiger partial charge in [-0.2, -0.15) is 0 Å². The van der Waals surface area contributed by atoms with Gasteiger partial charge in [0.1, 0.15) is 0 Å². The van der Waals surface area contributed by atoms with E-state index in [0.717, 1.165) is 25.2 Å². The number of halogens is 3. The minimum absolute atomic E-state index is 0. The molecule has 2 N–H and O–H groups in total. The van der Waals surface area contributed by atoms with Crippen LogP contribution in [-0.4, -0.2) is 25.5 Å². The second-order valence-electron chi connectivity index (χ2n) is 4.25. The zero-order valence-electron chi connectivity index (χ0n) is 9.71. The minimum Gasteiger partial charge on any atom is -0.355 e. The summed E-state index contributed by atoms with van der Waals surface area (Å²) in [6.07, 6.45) is 0.344. The molecule has 1 aliphatic rings. The van der Waals surface area contributed by atoms with Gasteiger partial charge in [-0.25, -0.2) is 0 Å². The van der Waals surface area contributed by atoms with Gasteiger partial charge in [0.05, 0.1) is 16.5 Å². The van der Waals surface area contributed by atoms with Gasteiger partial charge in [-0.05, 0) is 17.7 Å². The maximum absolute atomic E-state index is 11.6. The van der Waals surface area contributed by atoms with E-state index in [1.165, 1.54) is 0 Å². The van der Waals surface area contributed by atoms with Crippen molar-refractivity contribution in [1.29, 1.82) is 0 Å². The summed E-state index contributed by atoms with van der Waals surface area (Å²) >= 11 is 11.7. The summed E-state index contributed by atoms with van der Waals surface area (Å²) in [6, 6.07) is 5.26. The topological polar surface area (TPSA) is 41.1 Å². The third-order valence-corrected chi connectivity index (χ3v) is 3.54. The van der Waals surface area contributed by atoms with E-state index in [9.17, 15) is 4.79 Å². The SMILES string of the molecule is Cl.O=C(Cc1ccc(Cl)c(Cl)c1)NCC1CNC1. The van der Waals surface area contributed by atoms with Crippen LogP contribution in [0.3, 0.4) is 0 Å². The fourth-order valence-electron chi connectivity index (χ4n) is 1.65. The average Bonchev–Trinajstić information content (AvgIpc) is 2.21. The first-order valence-electron chi connectivity index (χ1n) is 5.56. The molecule has 0 unspecified atom stereocenters. The van der Waals surface area contributed by atoms with Crippen LogP contribution in [0.25, 0.3) is 0 Å². The van der Waals surface area contributed by atoms with Crippen LogP contribution in [0, 0.1) is 5.92 Å². The third kappa shape index (κ3) is 4.32. The number of amides is 1. The number of rotatable bonds is 4. The van der Waals surface area contributed by atoms with Gasteiger partial charge in [0.2, 0.25) is 5.91 Å². The summed E-state index contributed by atoms with van der Waals surface area (Å²) in [5, 5.41) is 7.07. The summed E-state index contributed by atoms with van der Waals surface area (Å²) in [6.45, 7) is 2.73. The van der Waals surface area contributed by atoms with Crippen molar-refractivity contribution in [3.8, 4) is 0 Å². The summed E-state index contributed by atoms with van der Waals surface area (Å²) in [5.41, 5.74) is 0.878. The van der Waals surface area contributed by atoms with Crippen LogP contribution in [0.4, 0.5) is 0 Å². The van der Waals surface area contributed by atoms with E-state index in [-0.39, 0.29) is 18.3 Å². The molecule has 18 heavy (non-hydrogen) atoms. The van der Waals surface area contributed by atoms with Crippen molar-refractivity contribution >= 4 is 41.5 Å². The van der Waals surface area contributed by atoms with Crippen LogP contribution >= 0.6 is 35.6 Å². The predicted octanol–water partition coefficient (Wildman–Crippen LogP) is 2.29. The van der Waals surface area contributed by atoms with E-state index in [1.807, 2.05) is 6.07 Å². The Bertz CT molecular complexity index is 422. The largest absolute Gasteiger partial charge is 0.355 e. The van der Waals surface area contributed by atoms with Crippen molar-refractivity contribution in [3.63, 3.8) is 0 Å². The van der Waals surface area contributed by atoms with Gasteiger partial charge in [0.15, 0.2) is 0 Å². The van der Waals surface area contributed by atoms with Crippen LogP contribution in [0.1, 0.15) is 5.56 Å². The molecule has 1 fully saturated rings. The Labute approximate surface area is 123 Å². The van der Waals surface area contributed by atoms with Crippen molar-refractivity contribution < 1.29 is 4.79 Å². The third-order valence-electron chi connectivity index (χ3n) is 2.80. The number of hydrogen-bond acceptors (Lipinski definition) is 2. The van der Waals surface area contributed by atoms with Crippen LogP contribution in [0.2, 0.25) is 10.0 Å². The quantitative estimate of drug-likeness (QED) is 0.896. The Balaban J connectivity index is 0.00000162. The molecule has 0 bridgehead atoms. The maximum Gasteiger partial charge on any atom is 0.224 e. The zero-order chi connectivity index (χ0) is 12.3. The number of carbonyl (C=O) groups is 1. The molecule has 1 aliphatic heterocycles. The van der Waals surface area contributed by atoms with Crippen molar-refractivity contribution in [2.75, 3.05) is 19.6 Å². The fourth-order valence-corrected chi connectivity index (χ4v) is 1.97. The molecule has 1 amide bonds. The highest BCUT2D eigenvalue weighted by atomic mass is 35.5. The van der Waals surface area contributed by atoms with E-state index < -0.39 is 0 Å². The molecule has 0 radical (unpaired) electrons. The summed E-state index contributed by atoms with van der Waals surface area (Å²) in [7, 11) is 0. The lowest BCUT2D eigenvalue weighted by molar-refractivity contribution is -0.120. The molecule has 1 heterocycles. The summed E-state index contributed by atoms with van der Waals surface area (Å²) < 4.78 is 0. The number of carbonyl (C=O) groups excluding carboxylic acids is 1. The number of hydrogen-bond donors (Lipinski definition) is 2. The van der Waals surface area contributed by atoms with Crippen LogP contribution in [0.15, 0.2) is 18.2 Å². The molecular weight excluding hydrogens is 295 g/mol. The fraction of sp³-hybridized carbons (Fsp3) is 0.417. The highest BCUT2D eigenvalue weighted by Gasteiger charge is 2.17. The lowest BCUT2D eigenvalue weighted by Crippen LogP contribution is -2.48. The van der Waals surface area contributed by atoms with Gasteiger partial charge in [-0.15, -0.1) is 12.4 Å². The Hall–Kier alpha value is -0.480. The van der Waals surface area contributed by atoms with E-state index >= 15 is 0 Å². The van der Waals surface area contributed by atoms with E-state index in [4.69, 9.17) is 23.2 Å². The van der Waals surface area contributed by atoms with E-state index in [0.29, 0.717) is 22.4 Å². The van der Waals surface area contributed by atoms with Gasteiger partial charge >= 0.3 is 0 Å². The number of benzene rings is 1. The zero-order valence-corrected chi connectivity index (χ0v) is 12.0. The average molecular weight is 310 g/mol. The molecule has 100 valence electrons. The van der Waals surface area contributed by atoms with Gasteiger partial charge in [-0.1, -0.05) is 29.3 Å². The Morgan fingerprint density at radius 2 is 2.06 bits per heavy atom. The predicted molar refractivity (Wildman–Crippen MR) is 76.8 cm³/mol. The molecule has 1 aromatic rings. The Kier molecular flexibility index (Phi) is 6.22. The lowest BCUT2D eigenvalue weighted by atomic mass is 10.0. The first-order chi connectivity index (χ1) is 8.15. The molecule has 2 rings (SSSR count). The van der Waals surface area contributed by atoms with E-state index in [1.54, 1.807) is 12.1 Å². The minimum atomic E-state index is 0. The highest BCUT2D eigenvalue weighted by Crippen LogP contribution is 2.22. The van der Waals surface area contributed by atoms with E-state index in [2.05, 4.69) is 10.6 Å². The molecule has 1 aromatic carbocycles. The first kappa shape index (κ1) is 15.6. The standard InChI is InChI=1S/C12H14Cl2N2O.ClH/c13-10-2-1-8(3-11(10)14)4-12(17)16-7-9-5-15-6-9;/h1-3,9,15H,4-7H2,(H,16,17);1H. The van der Waals surface area contributed by atoms with Crippen LogP contribution in [0.5, 0.6) is 0 Å². The number of nitrogens with one attached hydrogen (secondary N) is 2. The van der Waals surface area contributed by atoms with Gasteiger partial charge in [0.25, 0.3) is 0 Å². The smallest absolute Gasteiger partial charge is 0.224 e. The summed E-state index contributed by atoms with van der Waals surface area (Å²) in [4.78, 5) is 11.6. The van der Waals surface area contributed by atoms with Gasteiger partial charge < -0.3 is 10.6 Å². The Morgan fingerprint density at radius 3 is 2.61 bits per heavy atom. The van der Waals surface area contributed by atoms with Crippen molar-refractivity contribution in [2.24, 2.45) is 5.92 Å². The normalized spacial score (nSPS) is 14.6. The molecule has 0 aliphatic carbocycles. The molecule has 1 saturated heterocycles. The van der Waals surface area contributed by atoms with Gasteiger partial charge in [-0.3, -0.25) is 4.79 Å². The molecule has 0 aromatic heterocycles. The molecule has 0 spiro atoms. The molecule has 0 atom stereocenters. The monoisotopic (exact) mass is 308 g/mol. The second-order valence-corrected chi connectivity index (χ2v) is 5.07. The van der Waals surface area contributed by atoms with Crippen LogP contribution < -0.4 is 10.6 Å². The molecule has 6 heteroatoms. The molecule has 3 nitrogen and oxygen atoms in total. The lowest BCUT2D eigenvalue weighted by Gasteiger charge is -2.27. The highest BCUT2D eigenvalue weighted by molar-refractivity contribution is 6.42. The second kappa shape index (κ2) is 7.19. The van der Waals surface area contributed by atoms with Crippen molar-refractivity contribution in [3.05, 3.63) is 33.8 Å². The molecule has 0 saturated carbocycles. The first-order valence-corrected chi connectivity index (χ1v) is 6.32. The van der Waals surface area contributed by atoms with Crippen molar-refractivity contribution in [1.82, 2.24) is 10.6 Å². The van der Waals surface area contributed by atoms with Gasteiger partial charge in [0, 0.05) is 25.6 Å². The molecular formula is C12H15Cl3N2O. The van der Waals surface area contributed by atoms with Crippen LogP contribution in [-0.2, 0) is 11.2 Å². The maximum atomic E-state index is 11.6.